The molecule has 1 fully saturated rings. The van der Waals surface area contributed by atoms with Gasteiger partial charge >= 0.3 is 5.97 Å². The topological polar surface area (TPSA) is 67.2 Å². The monoisotopic (exact) mass is 283 g/mol. The SMILES string of the molecule is CSC1CCCCC1NCc1c(C(=O)O)cnn1C. The van der Waals surface area contributed by atoms with E-state index in [0.717, 1.165) is 5.69 Å². The average molecular weight is 283 g/mol. The molecule has 6 heteroatoms. The summed E-state index contributed by atoms with van der Waals surface area (Å²) in [5, 5.41) is 17.3. The van der Waals surface area contributed by atoms with E-state index < -0.39 is 5.97 Å². The van der Waals surface area contributed by atoms with Crippen LogP contribution < -0.4 is 5.32 Å². The van der Waals surface area contributed by atoms with Crippen molar-refractivity contribution < 1.29 is 9.90 Å². The molecule has 2 rings (SSSR count). The molecule has 106 valence electrons. The van der Waals surface area contributed by atoms with Crippen molar-refractivity contribution in [1.29, 1.82) is 0 Å². The summed E-state index contributed by atoms with van der Waals surface area (Å²) in [4.78, 5) is 11.1. The zero-order valence-corrected chi connectivity index (χ0v) is 12.2. The fourth-order valence-corrected chi connectivity index (χ4v) is 3.65. The predicted octanol–water partition coefficient (Wildman–Crippen LogP) is 1.88. The molecule has 0 amide bonds. The Morgan fingerprint density at radius 2 is 2.32 bits per heavy atom. The first-order chi connectivity index (χ1) is 9.13. The maximum absolute atomic E-state index is 11.1. The summed E-state index contributed by atoms with van der Waals surface area (Å²) in [6, 6.07) is 0.472. The van der Waals surface area contributed by atoms with Gasteiger partial charge in [0, 0.05) is 24.9 Å². The molecule has 0 spiro atoms. The molecular weight excluding hydrogens is 262 g/mol. The highest BCUT2D eigenvalue weighted by Crippen LogP contribution is 2.27. The van der Waals surface area contributed by atoms with E-state index in [-0.39, 0.29) is 0 Å². The Labute approximate surface area is 117 Å². The van der Waals surface area contributed by atoms with Crippen LogP contribution in [-0.2, 0) is 13.6 Å². The van der Waals surface area contributed by atoms with Crippen molar-refractivity contribution in [2.45, 2.75) is 43.5 Å². The van der Waals surface area contributed by atoms with E-state index in [2.05, 4.69) is 16.7 Å². The third-order valence-electron chi connectivity index (χ3n) is 3.83. The number of aromatic nitrogens is 2. The van der Waals surface area contributed by atoms with Crippen molar-refractivity contribution in [3.05, 3.63) is 17.5 Å². The minimum absolute atomic E-state index is 0.298. The molecule has 2 atom stereocenters. The highest BCUT2D eigenvalue weighted by Gasteiger charge is 2.25. The van der Waals surface area contributed by atoms with Gasteiger partial charge in [-0.1, -0.05) is 12.8 Å². The largest absolute Gasteiger partial charge is 0.478 e. The average Bonchev–Trinajstić information content (AvgIpc) is 2.78. The maximum Gasteiger partial charge on any atom is 0.339 e. The summed E-state index contributed by atoms with van der Waals surface area (Å²) in [7, 11) is 1.79. The summed E-state index contributed by atoms with van der Waals surface area (Å²) in [6.07, 6.45) is 8.55. The van der Waals surface area contributed by atoms with Crippen LogP contribution in [0, 0.1) is 0 Å². The minimum atomic E-state index is -0.907. The Morgan fingerprint density at radius 3 is 3.00 bits per heavy atom. The highest BCUT2D eigenvalue weighted by molar-refractivity contribution is 7.99. The number of carboxylic acids is 1. The molecule has 0 aromatic carbocycles. The Bertz CT molecular complexity index is 447. The lowest BCUT2D eigenvalue weighted by atomic mass is 9.95. The second kappa shape index (κ2) is 6.43. The molecule has 1 aromatic heterocycles. The van der Waals surface area contributed by atoms with Gasteiger partial charge in [0.25, 0.3) is 0 Å². The summed E-state index contributed by atoms with van der Waals surface area (Å²) in [6.45, 7) is 0.569. The number of aromatic carboxylic acids is 1. The number of carboxylic acid groups (broad SMARTS) is 1. The lowest BCUT2D eigenvalue weighted by molar-refractivity contribution is 0.0695. The molecule has 0 radical (unpaired) electrons. The number of carbonyl (C=O) groups is 1. The Morgan fingerprint density at radius 1 is 1.58 bits per heavy atom. The minimum Gasteiger partial charge on any atom is -0.478 e. The number of aryl methyl sites for hydroxylation is 1. The van der Waals surface area contributed by atoms with Crippen LogP contribution in [0.2, 0.25) is 0 Å². The van der Waals surface area contributed by atoms with Crippen molar-refractivity contribution in [1.82, 2.24) is 15.1 Å². The zero-order chi connectivity index (χ0) is 13.8. The van der Waals surface area contributed by atoms with Crippen LogP contribution in [0.15, 0.2) is 6.20 Å². The van der Waals surface area contributed by atoms with Gasteiger partial charge < -0.3 is 10.4 Å². The molecule has 0 bridgehead atoms. The van der Waals surface area contributed by atoms with Gasteiger partial charge in [-0.15, -0.1) is 0 Å². The van der Waals surface area contributed by atoms with Crippen LogP contribution in [0.1, 0.15) is 41.7 Å². The third kappa shape index (κ3) is 3.30. The van der Waals surface area contributed by atoms with E-state index >= 15 is 0 Å². The zero-order valence-electron chi connectivity index (χ0n) is 11.4. The van der Waals surface area contributed by atoms with Gasteiger partial charge in [0.05, 0.1) is 11.9 Å². The first kappa shape index (κ1) is 14.4. The van der Waals surface area contributed by atoms with Gasteiger partial charge in [0.15, 0.2) is 0 Å². The molecule has 1 saturated carbocycles. The predicted molar refractivity (Wildman–Crippen MR) is 76.6 cm³/mol. The number of hydrogen-bond donors (Lipinski definition) is 2. The molecule has 1 aromatic rings. The molecule has 1 heterocycles. The van der Waals surface area contributed by atoms with Crippen LogP contribution in [0.3, 0.4) is 0 Å². The molecule has 1 aliphatic rings. The summed E-state index contributed by atoms with van der Waals surface area (Å²) in [5.41, 5.74) is 1.05. The second-order valence-electron chi connectivity index (χ2n) is 4.98. The standard InChI is InChI=1S/C13H21N3O2S/c1-16-11(9(7-15-16)13(17)18)8-14-10-5-3-4-6-12(10)19-2/h7,10,12,14H,3-6,8H2,1-2H3,(H,17,18). The van der Waals surface area contributed by atoms with E-state index in [1.807, 2.05) is 11.8 Å². The summed E-state index contributed by atoms with van der Waals surface area (Å²) >= 11 is 1.90. The van der Waals surface area contributed by atoms with E-state index in [0.29, 0.717) is 23.4 Å². The van der Waals surface area contributed by atoms with E-state index in [1.165, 1.54) is 31.9 Å². The van der Waals surface area contributed by atoms with Gasteiger partial charge in [-0.2, -0.15) is 16.9 Å². The number of hydrogen-bond acceptors (Lipinski definition) is 4. The van der Waals surface area contributed by atoms with E-state index in [1.54, 1.807) is 11.7 Å². The molecule has 0 saturated heterocycles. The number of rotatable bonds is 5. The summed E-state index contributed by atoms with van der Waals surface area (Å²) < 4.78 is 1.65. The Hall–Kier alpha value is -1.01. The fraction of sp³-hybridized carbons (Fsp3) is 0.692. The van der Waals surface area contributed by atoms with Crippen LogP contribution >= 0.6 is 11.8 Å². The first-order valence-corrected chi connectivity index (χ1v) is 7.92. The molecule has 19 heavy (non-hydrogen) atoms. The van der Waals surface area contributed by atoms with Crippen molar-refractivity contribution in [3.8, 4) is 0 Å². The quantitative estimate of drug-likeness (QED) is 0.863. The normalized spacial score (nSPS) is 23.5. The molecule has 2 N–H and O–H groups in total. The van der Waals surface area contributed by atoms with Gasteiger partial charge in [-0.3, -0.25) is 4.68 Å². The van der Waals surface area contributed by atoms with Crippen LogP contribution in [0.4, 0.5) is 0 Å². The van der Waals surface area contributed by atoms with E-state index in [9.17, 15) is 4.79 Å². The molecule has 5 nitrogen and oxygen atoms in total. The van der Waals surface area contributed by atoms with Crippen LogP contribution in [0.5, 0.6) is 0 Å². The Balaban J connectivity index is 2.01. The van der Waals surface area contributed by atoms with Crippen molar-refractivity contribution in [2.24, 2.45) is 7.05 Å². The van der Waals surface area contributed by atoms with Crippen LogP contribution in [0.25, 0.3) is 0 Å². The Kier molecular flexibility index (Phi) is 4.87. The molecular formula is C13H21N3O2S. The third-order valence-corrected chi connectivity index (χ3v) is 5.00. The molecule has 1 aliphatic carbocycles. The van der Waals surface area contributed by atoms with E-state index in [4.69, 9.17) is 5.11 Å². The number of nitrogens with zero attached hydrogens (tertiary/aromatic N) is 2. The number of nitrogens with one attached hydrogen (secondary N) is 1. The first-order valence-electron chi connectivity index (χ1n) is 6.63. The second-order valence-corrected chi connectivity index (χ2v) is 6.06. The lowest BCUT2D eigenvalue weighted by Gasteiger charge is -2.31. The van der Waals surface area contributed by atoms with Crippen molar-refractivity contribution in [2.75, 3.05) is 6.26 Å². The van der Waals surface area contributed by atoms with Crippen molar-refractivity contribution in [3.63, 3.8) is 0 Å². The van der Waals surface area contributed by atoms with Gasteiger partial charge in [-0.05, 0) is 19.1 Å². The van der Waals surface area contributed by atoms with Gasteiger partial charge in [0.2, 0.25) is 0 Å². The van der Waals surface area contributed by atoms with Crippen LogP contribution in [-0.4, -0.2) is 38.4 Å². The maximum atomic E-state index is 11.1. The smallest absolute Gasteiger partial charge is 0.339 e. The van der Waals surface area contributed by atoms with Crippen molar-refractivity contribution >= 4 is 17.7 Å². The summed E-state index contributed by atoms with van der Waals surface area (Å²) in [5.74, 6) is -0.907. The molecule has 2 unspecified atom stereocenters. The lowest BCUT2D eigenvalue weighted by Crippen LogP contribution is -2.40. The highest BCUT2D eigenvalue weighted by atomic mass is 32.2. The van der Waals surface area contributed by atoms with Gasteiger partial charge in [-0.25, -0.2) is 4.79 Å². The molecule has 0 aliphatic heterocycles. The van der Waals surface area contributed by atoms with Gasteiger partial charge in [0.1, 0.15) is 5.56 Å². The fourth-order valence-electron chi connectivity index (χ4n) is 2.69. The number of thioether (sulfide) groups is 1.